The maximum atomic E-state index is 12.7. The summed E-state index contributed by atoms with van der Waals surface area (Å²) in [6, 6.07) is 0. The number of allylic oxidation sites excluding steroid dienone is 1. The van der Waals surface area contributed by atoms with Crippen molar-refractivity contribution < 1.29 is 48.0 Å². The quantitative estimate of drug-likeness (QED) is 0.365. The Kier molecular flexibility index (Phi) is 10.5. The summed E-state index contributed by atoms with van der Waals surface area (Å²) < 4.78 is 38.2. The summed E-state index contributed by atoms with van der Waals surface area (Å²) in [7, 11) is 0. The molecule has 0 unspecified atom stereocenters. The lowest BCUT2D eigenvalue weighted by Crippen LogP contribution is -2.47. The molecule has 0 atom stereocenters. The summed E-state index contributed by atoms with van der Waals surface area (Å²) >= 11 is 0. The molecular weight excluding hydrogens is 429 g/mol. The molecule has 0 bridgehead atoms. The molecule has 1 rings (SSSR count). The van der Waals surface area contributed by atoms with Crippen molar-refractivity contribution in [1.29, 1.82) is 0 Å². The van der Waals surface area contributed by atoms with E-state index in [4.69, 9.17) is 15.3 Å². The third kappa shape index (κ3) is 11.4. The number of carboxylic acid groups (broad SMARTS) is 3. The zero-order chi connectivity index (χ0) is 23.6. The SMILES string of the molecule is O=C(O)CN1CCN(/C=C(\O)C(F)(F)F)CCN(CC(=O)O)CCN(CC(=O)O)CC1. The summed E-state index contributed by atoms with van der Waals surface area (Å²) in [6.07, 6.45) is -4.44. The van der Waals surface area contributed by atoms with Crippen LogP contribution in [0.15, 0.2) is 12.0 Å². The normalized spacial score (nSPS) is 19.5. The van der Waals surface area contributed by atoms with Gasteiger partial charge in [-0.25, -0.2) is 0 Å². The van der Waals surface area contributed by atoms with Gasteiger partial charge in [-0.15, -0.1) is 0 Å². The fourth-order valence-electron chi connectivity index (χ4n) is 2.98. The third-order valence-corrected chi connectivity index (χ3v) is 4.54. The van der Waals surface area contributed by atoms with Gasteiger partial charge in [-0.05, 0) is 0 Å². The number of hydrogen-bond donors (Lipinski definition) is 4. The molecule has 31 heavy (non-hydrogen) atoms. The predicted octanol–water partition coefficient (Wildman–Crippen LogP) is -0.576. The van der Waals surface area contributed by atoms with Crippen LogP contribution in [0.2, 0.25) is 0 Å². The second kappa shape index (κ2) is 12.3. The number of aliphatic carboxylic acids is 3. The smallest absolute Gasteiger partial charge is 0.450 e. The molecule has 1 saturated heterocycles. The Morgan fingerprint density at radius 3 is 1.19 bits per heavy atom. The van der Waals surface area contributed by atoms with E-state index in [0.29, 0.717) is 6.20 Å². The van der Waals surface area contributed by atoms with Crippen LogP contribution in [0.25, 0.3) is 0 Å². The lowest BCUT2D eigenvalue weighted by Gasteiger charge is -2.32. The number of aliphatic hydroxyl groups is 1. The molecule has 0 aromatic carbocycles. The van der Waals surface area contributed by atoms with E-state index < -0.39 is 42.9 Å². The summed E-state index contributed by atoms with van der Waals surface area (Å²) in [6.45, 7) is -0.543. The summed E-state index contributed by atoms with van der Waals surface area (Å²) in [5, 5.41) is 36.5. The number of nitrogens with zero attached hydrogens (tertiary/aromatic N) is 4. The van der Waals surface area contributed by atoms with E-state index >= 15 is 0 Å². The van der Waals surface area contributed by atoms with Crippen molar-refractivity contribution in [3.05, 3.63) is 12.0 Å². The van der Waals surface area contributed by atoms with Crippen LogP contribution in [0.3, 0.4) is 0 Å². The van der Waals surface area contributed by atoms with Gasteiger partial charge in [-0.1, -0.05) is 0 Å². The minimum atomic E-state index is -4.96. The molecule has 4 N–H and O–H groups in total. The van der Waals surface area contributed by atoms with Crippen molar-refractivity contribution in [2.24, 2.45) is 0 Å². The van der Waals surface area contributed by atoms with Crippen LogP contribution in [0.5, 0.6) is 0 Å². The fourth-order valence-corrected chi connectivity index (χ4v) is 2.98. The van der Waals surface area contributed by atoms with Crippen molar-refractivity contribution in [2.75, 3.05) is 72.0 Å². The standard InChI is InChI=1S/C17H27F3N4O7/c18-17(19,20)13(25)9-21-1-3-22(10-14(26)27)5-7-24(12-16(30)31)8-6-23(4-2-21)11-15(28)29/h9,25H,1-8,10-12H2,(H,26,27)(H,28,29)(H,30,31)/b13-9-. The highest BCUT2D eigenvalue weighted by atomic mass is 19.4. The van der Waals surface area contributed by atoms with Crippen LogP contribution in [-0.2, 0) is 14.4 Å². The highest BCUT2D eigenvalue weighted by Crippen LogP contribution is 2.23. The minimum absolute atomic E-state index is 0.0355. The zero-order valence-corrected chi connectivity index (χ0v) is 16.8. The molecule has 0 aliphatic carbocycles. The second-order valence-corrected chi connectivity index (χ2v) is 7.06. The maximum absolute atomic E-state index is 12.7. The van der Waals surface area contributed by atoms with E-state index in [9.17, 15) is 32.7 Å². The van der Waals surface area contributed by atoms with Gasteiger partial charge in [0.25, 0.3) is 0 Å². The molecule has 0 amide bonds. The highest BCUT2D eigenvalue weighted by molar-refractivity contribution is 5.69. The van der Waals surface area contributed by atoms with Gasteiger partial charge in [0.15, 0.2) is 0 Å². The lowest BCUT2D eigenvalue weighted by atomic mass is 10.3. The van der Waals surface area contributed by atoms with Gasteiger partial charge in [0.1, 0.15) is 0 Å². The molecule has 11 nitrogen and oxygen atoms in total. The Morgan fingerprint density at radius 1 is 0.645 bits per heavy atom. The molecule has 1 aliphatic heterocycles. The number of rotatable bonds is 7. The fraction of sp³-hybridized carbons (Fsp3) is 0.706. The third-order valence-electron chi connectivity index (χ3n) is 4.54. The van der Waals surface area contributed by atoms with Crippen molar-refractivity contribution >= 4 is 17.9 Å². The average molecular weight is 456 g/mol. The number of carbonyl (C=O) groups is 3. The van der Waals surface area contributed by atoms with Crippen molar-refractivity contribution in [3.8, 4) is 0 Å². The Balaban J connectivity index is 3.06. The predicted molar refractivity (Wildman–Crippen MR) is 101 cm³/mol. The van der Waals surface area contributed by atoms with Gasteiger partial charge in [-0.2, -0.15) is 13.2 Å². The molecule has 0 aromatic rings. The van der Waals surface area contributed by atoms with Gasteiger partial charge in [-0.3, -0.25) is 29.1 Å². The molecule has 14 heteroatoms. The molecule has 0 aromatic heterocycles. The average Bonchev–Trinajstić information content (AvgIpc) is 2.61. The Hall–Kier alpha value is -2.58. The summed E-state index contributed by atoms with van der Waals surface area (Å²) in [5.74, 6) is -5.21. The number of aliphatic hydroxyl groups excluding tert-OH is 1. The monoisotopic (exact) mass is 456 g/mol. The first-order valence-corrected chi connectivity index (χ1v) is 9.41. The van der Waals surface area contributed by atoms with Crippen LogP contribution in [0.1, 0.15) is 0 Å². The van der Waals surface area contributed by atoms with Crippen LogP contribution in [0, 0.1) is 0 Å². The van der Waals surface area contributed by atoms with Crippen LogP contribution in [0.4, 0.5) is 13.2 Å². The van der Waals surface area contributed by atoms with Crippen molar-refractivity contribution in [1.82, 2.24) is 19.6 Å². The lowest BCUT2D eigenvalue weighted by molar-refractivity contribution is -0.140. The van der Waals surface area contributed by atoms with E-state index in [1.54, 1.807) is 4.90 Å². The van der Waals surface area contributed by atoms with E-state index in [1.807, 2.05) is 0 Å². The second-order valence-electron chi connectivity index (χ2n) is 7.06. The highest BCUT2D eigenvalue weighted by Gasteiger charge is 2.34. The number of alkyl halides is 3. The molecule has 0 saturated carbocycles. The number of hydrogen-bond acceptors (Lipinski definition) is 8. The van der Waals surface area contributed by atoms with Crippen LogP contribution in [-0.4, -0.2) is 136 Å². The van der Waals surface area contributed by atoms with Gasteiger partial charge < -0.3 is 25.3 Å². The largest absolute Gasteiger partial charge is 0.503 e. The molecular formula is C17H27F3N4O7. The molecule has 0 spiro atoms. The maximum Gasteiger partial charge on any atom is 0.450 e. The molecule has 1 fully saturated rings. The van der Waals surface area contributed by atoms with E-state index in [0.717, 1.165) is 4.90 Å². The van der Waals surface area contributed by atoms with Gasteiger partial charge >= 0.3 is 24.1 Å². The Bertz CT molecular complexity index is 628. The first-order chi connectivity index (χ1) is 14.4. The Morgan fingerprint density at radius 2 is 0.935 bits per heavy atom. The number of halogens is 3. The van der Waals surface area contributed by atoms with Crippen LogP contribution >= 0.6 is 0 Å². The molecule has 1 heterocycles. The first-order valence-electron chi connectivity index (χ1n) is 9.41. The van der Waals surface area contributed by atoms with Gasteiger partial charge in [0.2, 0.25) is 5.76 Å². The van der Waals surface area contributed by atoms with Gasteiger partial charge in [0, 0.05) is 58.6 Å². The van der Waals surface area contributed by atoms with E-state index in [-0.39, 0.29) is 58.9 Å². The van der Waals surface area contributed by atoms with E-state index in [2.05, 4.69) is 0 Å². The van der Waals surface area contributed by atoms with Gasteiger partial charge in [0.05, 0.1) is 19.6 Å². The van der Waals surface area contributed by atoms with Crippen LogP contribution < -0.4 is 0 Å². The molecule has 1 aliphatic rings. The van der Waals surface area contributed by atoms with Crippen molar-refractivity contribution in [2.45, 2.75) is 6.18 Å². The first kappa shape index (κ1) is 26.5. The summed E-state index contributed by atoms with van der Waals surface area (Å²) in [5.41, 5.74) is 0. The zero-order valence-electron chi connectivity index (χ0n) is 16.8. The Labute approximate surface area is 176 Å². The van der Waals surface area contributed by atoms with E-state index in [1.165, 1.54) is 9.80 Å². The summed E-state index contributed by atoms with van der Waals surface area (Å²) in [4.78, 5) is 38.9. The molecule has 0 radical (unpaired) electrons. The molecule has 178 valence electrons. The number of carboxylic acids is 3. The van der Waals surface area contributed by atoms with Crippen molar-refractivity contribution in [3.63, 3.8) is 0 Å². The topological polar surface area (TPSA) is 145 Å². The minimum Gasteiger partial charge on any atom is -0.503 e.